The van der Waals surface area contributed by atoms with E-state index < -0.39 is 5.91 Å². The molecule has 146 valence electrons. The van der Waals surface area contributed by atoms with Crippen LogP contribution < -0.4 is 24.8 Å². The third-order valence-electron chi connectivity index (χ3n) is 4.32. The molecule has 0 radical (unpaired) electrons. The Labute approximate surface area is 169 Å². The second kappa shape index (κ2) is 7.55. The van der Waals surface area contributed by atoms with Gasteiger partial charge >= 0.3 is 0 Å². The Bertz CT molecular complexity index is 1380. The summed E-state index contributed by atoms with van der Waals surface area (Å²) in [6.07, 6.45) is 8.31. The summed E-state index contributed by atoms with van der Waals surface area (Å²) in [6.45, 7) is 0.0899. The molecule has 0 saturated carbocycles. The quantitative estimate of drug-likeness (QED) is 0.569. The minimum Gasteiger partial charge on any atom is -0.465 e. The number of benzene rings is 2. The molecule has 2 aliphatic rings. The first-order valence-electron chi connectivity index (χ1n) is 8.93. The molecule has 2 aromatic carbocycles. The molecule has 9 nitrogen and oxygen atoms in total. The van der Waals surface area contributed by atoms with Gasteiger partial charge in [-0.15, -0.1) is 0 Å². The molecule has 3 heterocycles. The molecular weight excluding hydrogens is 386 g/mol. The minimum atomic E-state index is -0.512. The van der Waals surface area contributed by atoms with Gasteiger partial charge in [0, 0.05) is 23.0 Å². The van der Waals surface area contributed by atoms with Gasteiger partial charge in [0.25, 0.3) is 5.91 Å². The zero-order chi connectivity index (χ0) is 20.3. The number of aromatic nitrogens is 2. The molecule has 1 amide bonds. The van der Waals surface area contributed by atoms with Gasteiger partial charge in [-0.05, 0) is 36.4 Å². The topological polar surface area (TPSA) is 108 Å². The van der Waals surface area contributed by atoms with Gasteiger partial charge < -0.3 is 14.2 Å². The number of aliphatic imine (C=N–C) groups is 2. The lowest BCUT2D eigenvalue weighted by Crippen LogP contribution is -2.25. The second-order valence-electron chi connectivity index (χ2n) is 6.20. The molecule has 2 bridgehead atoms. The largest absolute Gasteiger partial charge is 0.465 e. The molecule has 3 aromatic rings. The molecule has 0 N–H and O–H groups in total. The lowest BCUT2D eigenvalue weighted by atomic mass is 10.2. The van der Waals surface area contributed by atoms with Crippen molar-refractivity contribution in [1.29, 1.82) is 0 Å². The lowest BCUT2D eigenvalue weighted by molar-refractivity contribution is -0.111. The van der Waals surface area contributed by atoms with Crippen molar-refractivity contribution in [2.24, 2.45) is 15.0 Å². The number of carbonyl (C=O) groups excluding carboxylic acids is 1. The summed E-state index contributed by atoms with van der Waals surface area (Å²) >= 11 is 0. The summed E-state index contributed by atoms with van der Waals surface area (Å²) in [5, 5.41) is 1.81. The van der Waals surface area contributed by atoms with E-state index in [1.807, 2.05) is 6.07 Å². The minimum absolute atomic E-state index is 0.0899. The predicted molar refractivity (Wildman–Crippen MR) is 109 cm³/mol. The van der Waals surface area contributed by atoms with Crippen LogP contribution in [0.25, 0.3) is 17.1 Å². The molecule has 0 spiro atoms. The van der Waals surface area contributed by atoms with Gasteiger partial charge in [0.05, 0.1) is 18.0 Å². The highest BCUT2D eigenvalue weighted by Gasteiger charge is 2.16. The Balaban J connectivity index is 1.82. The third-order valence-corrected chi connectivity index (χ3v) is 4.32. The Morgan fingerprint density at radius 3 is 2.97 bits per heavy atom. The fraction of sp³-hybridized carbons (Fsp3) is 0.0476. The zero-order valence-corrected chi connectivity index (χ0v) is 15.4. The van der Waals surface area contributed by atoms with Gasteiger partial charge in [-0.25, -0.2) is 20.0 Å². The number of rotatable bonds is 0. The van der Waals surface area contributed by atoms with Crippen molar-refractivity contribution in [2.45, 2.75) is 0 Å². The number of ether oxygens (including phenoxy) is 3. The molecule has 30 heavy (non-hydrogen) atoms. The van der Waals surface area contributed by atoms with E-state index in [1.165, 1.54) is 31.1 Å². The van der Waals surface area contributed by atoms with Gasteiger partial charge in [-0.2, -0.15) is 0 Å². The van der Waals surface area contributed by atoms with Crippen molar-refractivity contribution in [3.63, 3.8) is 0 Å². The SMILES string of the molecule is O=C1C=NC=c2ccc3c(c2=Nc2ncnc4ccc(cc24)OC=CC=N1)OCO3. The summed E-state index contributed by atoms with van der Waals surface area (Å²) in [7, 11) is 0. The fourth-order valence-electron chi connectivity index (χ4n) is 2.97. The van der Waals surface area contributed by atoms with E-state index in [2.05, 4.69) is 20.0 Å². The summed E-state index contributed by atoms with van der Waals surface area (Å²) < 4.78 is 16.7. The molecular formula is C21H13N5O4. The van der Waals surface area contributed by atoms with Gasteiger partial charge in [0.1, 0.15) is 17.4 Å². The molecule has 0 saturated heterocycles. The Kier molecular flexibility index (Phi) is 4.45. The van der Waals surface area contributed by atoms with Crippen LogP contribution in [-0.4, -0.2) is 35.1 Å². The van der Waals surface area contributed by atoms with Gasteiger partial charge in [-0.1, -0.05) is 0 Å². The van der Waals surface area contributed by atoms with E-state index in [-0.39, 0.29) is 6.79 Å². The first-order valence-corrected chi connectivity index (χ1v) is 8.93. The van der Waals surface area contributed by atoms with Crippen LogP contribution in [0.15, 0.2) is 64.0 Å². The van der Waals surface area contributed by atoms with Crippen molar-refractivity contribution < 1.29 is 19.0 Å². The number of nitrogens with zero attached hydrogens (tertiary/aromatic N) is 5. The monoisotopic (exact) mass is 399 g/mol. The maximum absolute atomic E-state index is 11.8. The van der Waals surface area contributed by atoms with E-state index in [1.54, 1.807) is 24.3 Å². The van der Waals surface area contributed by atoms with E-state index in [0.717, 1.165) is 6.21 Å². The highest BCUT2D eigenvalue weighted by Crippen LogP contribution is 2.29. The van der Waals surface area contributed by atoms with E-state index in [4.69, 9.17) is 19.2 Å². The van der Waals surface area contributed by atoms with Crippen molar-refractivity contribution in [3.8, 4) is 17.2 Å². The van der Waals surface area contributed by atoms with Crippen LogP contribution in [0.2, 0.25) is 0 Å². The zero-order valence-electron chi connectivity index (χ0n) is 15.4. The Morgan fingerprint density at radius 2 is 2.00 bits per heavy atom. The lowest BCUT2D eigenvalue weighted by Gasteiger charge is -2.05. The smallest absolute Gasteiger partial charge is 0.288 e. The molecule has 0 unspecified atom stereocenters. The maximum Gasteiger partial charge on any atom is 0.288 e. The molecule has 9 heteroatoms. The van der Waals surface area contributed by atoms with Crippen LogP contribution in [0.3, 0.4) is 0 Å². The van der Waals surface area contributed by atoms with E-state index in [9.17, 15) is 4.79 Å². The van der Waals surface area contributed by atoms with Crippen molar-refractivity contribution in [2.75, 3.05) is 6.79 Å². The molecule has 0 fully saturated rings. The third kappa shape index (κ3) is 3.39. The highest BCUT2D eigenvalue weighted by molar-refractivity contribution is 6.28. The number of allylic oxidation sites excluding steroid dienone is 1. The average Bonchev–Trinajstić information content (AvgIpc) is 3.23. The number of fused-ring (bicyclic) bond motifs is 4. The summed E-state index contributed by atoms with van der Waals surface area (Å²) in [4.78, 5) is 33.0. The highest BCUT2D eigenvalue weighted by atomic mass is 16.7. The Morgan fingerprint density at radius 1 is 1.03 bits per heavy atom. The second-order valence-corrected chi connectivity index (χ2v) is 6.20. The standard InChI is InChI=1S/C21H13N5O4/c27-18-10-22-9-13-2-5-17-20(30-12-29-17)19(13)26-21-15-8-14(28-7-1-6-23-18)3-4-16(15)24-11-25-21/h1-11H,12H2. The van der Waals surface area contributed by atoms with Crippen molar-refractivity contribution in [3.05, 3.63) is 59.6 Å². The Hall–Kier alpha value is -4.40. The fourth-order valence-corrected chi connectivity index (χ4v) is 2.97. The molecule has 5 rings (SSSR count). The van der Waals surface area contributed by atoms with Crippen molar-refractivity contribution in [1.82, 2.24) is 9.97 Å². The van der Waals surface area contributed by atoms with E-state index in [0.29, 0.717) is 44.5 Å². The summed E-state index contributed by atoms with van der Waals surface area (Å²) in [6, 6.07) is 8.91. The molecule has 0 aliphatic carbocycles. The van der Waals surface area contributed by atoms with Gasteiger partial charge in [0.2, 0.25) is 6.79 Å². The number of amides is 1. The first-order chi connectivity index (χ1) is 14.8. The predicted octanol–water partition coefficient (Wildman–Crippen LogP) is 1.62. The summed E-state index contributed by atoms with van der Waals surface area (Å²) in [5.74, 6) is 1.52. The van der Waals surface area contributed by atoms with E-state index >= 15 is 0 Å². The normalized spacial score (nSPS) is 14.9. The van der Waals surface area contributed by atoms with Gasteiger partial charge in [-0.3, -0.25) is 9.79 Å². The van der Waals surface area contributed by atoms with Crippen LogP contribution in [0.5, 0.6) is 17.2 Å². The molecule has 1 aromatic heterocycles. The average molecular weight is 399 g/mol. The number of hydrogen-bond donors (Lipinski definition) is 0. The number of hydrogen-bond acceptors (Lipinski definition) is 8. The van der Waals surface area contributed by atoms with Crippen LogP contribution >= 0.6 is 0 Å². The maximum atomic E-state index is 11.8. The molecule has 2 aliphatic heterocycles. The molecule has 0 atom stereocenters. The van der Waals surface area contributed by atoms with Crippen LogP contribution in [-0.2, 0) is 4.79 Å². The summed E-state index contributed by atoms with van der Waals surface area (Å²) in [5.41, 5.74) is 0.710. The first kappa shape index (κ1) is 17.7. The van der Waals surface area contributed by atoms with Crippen LogP contribution in [0.1, 0.15) is 0 Å². The van der Waals surface area contributed by atoms with Crippen LogP contribution in [0, 0.1) is 0 Å². The van der Waals surface area contributed by atoms with Gasteiger partial charge in [0.15, 0.2) is 17.3 Å². The number of carbonyl (C=O) groups is 1. The van der Waals surface area contributed by atoms with Crippen LogP contribution in [0.4, 0.5) is 5.82 Å². The van der Waals surface area contributed by atoms with Crippen molar-refractivity contribution >= 4 is 41.3 Å².